The summed E-state index contributed by atoms with van der Waals surface area (Å²) >= 11 is 4.00. The van der Waals surface area contributed by atoms with Gasteiger partial charge in [0, 0.05) is 5.25 Å². The average Bonchev–Trinajstić information content (AvgIpc) is 1.61. The van der Waals surface area contributed by atoms with Gasteiger partial charge in [-0.3, -0.25) is 4.79 Å². The molecule has 0 bridgehead atoms. The number of ether oxygens (including phenoxy) is 1. The molecule has 0 aromatic heterocycles. The summed E-state index contributed by atoms with van der Waals surface area (Å²) in [7, 11) is 1.39. The van der Waals surface area contributed by atoms with Crippen molar-refractivity contribution in [3.05, 3.63) is 0 Å². The van der Waals surface area contributed by atoms with Crippen LogP contribution >= 0.6 is 12.6 Å². The monoisotopic (exact) mass is 132 g/mol. The van der Waals surface area contributed by atoms with E-state index in [1.165, 1.54) is 7.85 Å². The summed E-state index contributed by atoms with van der Waals surface area (Å²) in [4.78, 5) is 10.1. The van der Waals surface area contributed by atoms with Gasteiger partial charge in [0.25, 0.3) is 0 Å². The van der Waals surface area contributed by atoms with Crippen LogP contribution in [0, 0.1) is 0 Å². The fraction of sp³-hybridized carbons (Fsp3) is 0.750. The molecule has 0 heterocycles. The predicted molar refractivity (Wildman–Crippen MR) is 38.3 cm³/mol. The number of hydrogen-bond donors (Lipinski definition) is 1. The van der Waals surface area contributed by atoms with E-state index in [2.05, 4.69) is 17.4 Å². The van der Waals surface area contributed by atoms with E-state index in [1.54, 1.807) is 0 Å². The first-order valence-electron chi connectivity index (χ1n) is 2.44. The van der Waals surface area contributed by atoms with Gasteiger partial charge in [0.1, 0.15) is 6.61 Å². The molecule has 4 heteroatoms. The summed E-state index contributed by atoms with van der Waals surface area (Å²) in [6.07, 6.45) is 0. The van der Waals surface area contributed by atoms with Crippen LogP contribution in [0.15, 0.2) is 0 Å². The minimum absolute atomic E-state index is 0.138. The van der Waals surface area contributed by atoms with Crippen molar-refractivity contribution in [3.63, 3.8) is 0 Å². The maximum atomic E-state index is 10.1. The Morgan fingerprint density at radius 1 is 2.00 bits per heavy atom. The van der Waals surface area contributed by atoms with Crippen LogP contribution in [0.3, 0.4) is 0 Å². The lowest BCUT2D eigenvalue weighted by atomic mass is 10.2. The largest absolute Gasteiger partial charge is 0.473 e. The highest BCUT2D eigenvalue weighted by molar-refractivity contribution is 7.80. The Kier molecular flexibility index (Phi) is 3.78. The molecule has 0 rings (SSSR count). The first kappa shape index (κ1) is 7.88. The van der Waals surface area contributed by atoms with E-state index in [0.29, 0.717) is 6.61 Å². The molecule has 2 nitrogen and oxygen atoms in total. The molecule has 0 aliphatic carbocycles. The van der Waals surface area contributed by atoms with Crippen LogP contribution in [0.5, 0.6) is 0 Å². The van der Waals surface area contributed by atoms with Gasteiger partial charge in [-0.2, -0.15) is 12.6 Å². The highest BCUT2D eigenvalue weighted by Crippen LogP contribution is 1.91. The third-order valence-electron chi connectivity index (χ3n) is 0.528. The fourth-order valence-electron chi connectivity index (χ4n) is 0.238. The highest BCUT2D eigenvalue weighted by Gasteiger charge is 1.95. The lowest BCUT2D eigenvalue weighted by molar-refractivity contribution is 0.175. The van der Waals surface area contributed by atoms with Gasteiger partial charge in [-0.25, -0.2) is 0 Å². The van der Waals surface area contributed by atoms with Crippen LogP contribution in [0.4, 0.5) is 4.79 Å². The second kappa shape index (κ2) is 3.84. The number of carbonyl (C=O) groups excluding carboxylic acids is 1. The molecule has 0 aromatic rings. The normalized spacial score (nSPS) is 12.8. The molecule has 1 atom stereocenters. The minimum Gasteiger partial charge on any atom is -0.473 e. The fourth-order valence-corrected chi connectivity index (χ4v) is 0.312. The van der Waals surface area contributed by atoms with E-state index in [0.717, 1.165) is 0 Å². The summed E-state index contributed by atoms with van der Waals surface area (Å²) in [5.41, 5.74) is 0. The lowest BCUT2D eigenvalue weighted by Gasteiger charge is -2.02. The molecule has 0 aromatic carbocycles. The second-order valence-corrected chi connectivity index (χ2v) is 2.53. The molecule has 8 heavy (non-hydrogen) atoms. The molecule has 0 aliphatic rings. The molecule has 0 saturated heterocycles. The quantitative estimate of drug-likeness (QED) is 0.425. The maximum absolute atomic E-state index is 10.1. The number of hydrogen-bond acceptors (Lipinski definition) is 3. The Bertz CT molecular complexity index is 84.1. The number of thiol groups is 1. The van der Waals surface area contributed by atoms with Crippen LogP contribution < -0.4 is 0 Å². The van der Waals surface area contributed by atoms with Crippen molar-refractivity contribution in [2.45, 2.75) is 12.2 Å². The Morgan fingerprint density at radius 2 is 2.50 bits per heavy atom. The van der Waals surface area contributed by atoms with Gasteiger partial charge in [0.05, 0.1) is 0 Å². The van der Waals surface area contributed by atoms with Crippen molar-refractivity contribution in [2.24, 2.45) is 0 Å². The van der Waals surface area contributed by atoms with Crippen molar-refractivity contribution in [1.82, 2.24) is 0 Å². The molecule has 0 fully saturated rings. The first-order chi connectivity index (χ1) is 3.63. The van der Waals surface area contributed by atoms with E-state index >= 15 is 0 Å². The lowest BCUT2D eigenvalue weighted by Crippen LogP contribution is -2.09. The summed E-state index contributed by atoms with van der Waals surface area (Å²) < 4.78 is 4.59. The van der Waals surface area contributed by atoms with Crippen molar-refractivity contribution in [1.29, 1.82) is 0 Å². The zero-order valence-electron chi connectivity index (χ0n) is 5.05. The molecule has 0 spiro atoms. The smallest absolute Gasteiger partial charge is 0.243 e. The average molecular weight is 132 g/mol. The van der Waals surface area contributed by atoms with Gasteiger partial charge >= 0.3 is 0 Å². The van der Waals surface area contributed by atoms with Crippen molar-refractivity contribution >= 4 is 26.3 Å². The molecule has 46 valence electrons. The van der Waals surface area contributed by atoms with Gasteiger partial charge in [-0.1, -0.05) is 6.92 Å². The molecule has 0 N–H and O–H groups in total. The SMILES string of the molecule is BC(=O)OCC(C)S. The van der Waals surface area contributed by atoms with Gasteiger partial charge < -0.3 is 4.74 Å². The van der Waals surface area contributed by atoms with Crippen LogP contribution in [0.1, 0.15) is 6.92 Å². The van der Waals surface area contributed by atoms with E-state index in [1.807, 2.05) is 6.92 Å². The molecule has 1 unspecified atom stereocenters. The van der Waals surface area contributed by atoms with Crippen LogP contribution in [-0.4, -0.2) is 25.6 Å². The highest BCUT2D eigenvalue weighted by atomic mass is 32.1. The predicted octanol–water partition coefficient (Wildman–Crippen LogP) is 0.0744. The Morgan fingerprint density at radius 3 is 2.62 bits per heavy atom. The van der Waals surface area contributed by atoms with Gasteiger partial charge in [0.2, 0.25) is 13.7 Å². The molecular formula is C4H9BO2S. The molecule has 0 saturated carbocycles. The Hall–Kier alpha value is -0.115. The van der Waals surface area contributed by atoms with Crippen LogP contribution in [0.2, 0.25) is 0 Å². The standard InChI is InChI=1S/C4H9BO2S/c1-3(8)2-7-4(5)6/h3,8H,2,5H2,1H3. The summed E-state index contributed by atoms with van der Waals surface area (Å²) in [5.74, 6) is -0.245. The zero-order valence-corrected chi connectivity index (χ0v) is 5.94. The van der Waals surface area contributed by atoms with Crippen LogP contribution in [0.25, 0.3) is 0 Å². The van der Waals surface area contributed by atoms with Gasteiger partial charge in [-0.05, 0) is 0 Å². The number of carbonyl (C=O) groups is 1. The van der Waals surface area contributed by atoms with Crippen LogP contribution in [-0.2, 0) is 4.74 Å². The molecule has 0 amide bonds. The van der Waals surface area contributed by atoms with Gasteiger partial charge in [0.15, 0.2) is 0 Å². The van der Waals surface area contributed by atoms with Crippen molar-refractivity contribution in [2.75, 3.05) is 6.61 Å². The molecular weight excluding hydrogens is 123 g/mol. The summed E-state index contributed by atoms with van der Waals surface area (Å²) in [5, 5.41) is 0.138. The third kappa shape index (κ3) is 5.88. The van der Waals surface area contributed by atoms with E-state index in [4.69, 9.17) is 0 Å². The van der Waals surface area contributed by atoms with Gasteiger partial charge in [-0.15, -0.1) is 0 Å². The van der Waals surface area contributed by atoms with Crippen molar-refractivity contribution < 1.29 is 9.53 Å². The van der Waals surface area contributed by atoms with E-state index in [9.17, 15) is 4.79 Å². The maximum Gasteiger partial charge on any atom is 0.243 e. The Labute approximate surface area is 55.4 Å². The summed E-state index contributed by atoms with van der Waals surface area (Å²) in [6.45, 7) is 2.27. The Balaban J connectivity index is 3.05. The zero-order chi connectivity index (χ0) is 6.57. The summed E-state index contributed by atoms with van der Waals surface area (Å²) in [6, 6.07) is 0. The number of rotatable bonds is 2. The van der Waals surface area contributed by atoms with Crippen molar-refractivity contribution in [3.8, 4) is 0 Å². The molecule has 0 radical (unpaired) electrons. The third-order valence-corrected chi connectivity index (χ3v) is 0.677. The molecule has 0 aliphatic heterocycles. The van der Waals surface area contributed by atoms with E-state index in [-0.39, 0.29) is 11.1 Å². The minimum atomic E-state index is -0.245. The second-order valence-electron chi connectivity index (χ2n) is 1.65. The first-order valence-corrected chi connectivity index (χ1v) is 2.96. The van der Waals surface area contributed by atoms with E-state index < -0.39 is 0 Å². The topological polar surface area (TPSA) is 26.3 Å².